The van der Waals surface area contributed by atoms with Crippen LogP contribution in [0.25, 0.3) is 0 Å². The SMILES string of the molecule is CCc1c(C)c(C(=O)NCc2cccnc2)n(Cc2ccc(F)cc2)c1C. The van der Waals surface area contributed by atoms with Crippen molar-refractivity contribution in [1.82, 2.24) is 14.9 Å². The minimum Gasteiger partial charge on any atom is -0.347 e. The van der Waals surface area contributed by atoms with Crippen LogP contribution in [-0.4, -0.2) is 15.5 Å². The summed E-state index contributed by atoms with van der Waals surface area (Å²) in [6.45, 7) is 7.07. The van der Waals surface area contributed by atoms with E-state index in [0.29, 0.717) is 18.8 Å². The topological polar surface area (TPSA) is 46.9 Å². The van der Waals surface area contributed by atoms with Gasteiger partial charge in [-0.05, 0) is 60.7 Å². The lowest BCUT2D eigenvalue weighted by Crippen LogP contribution is -2.26. The van der Waals surface area contributed by atoms with E-state index >= 15 is 0 Å². The number of halogens is 1. The lowest BCUT2D eigenvalue weighted by molar-refractivity contribution is 0.0941. The molecule has 0 aliphatic carbocycles. The quantitative estimate of drug-likeness (QED) is 0.712. The van der Waals surface area contributed by atoms with Crippen LogP contribution in [0.2, 0.25) is 0 Å². The van der Waals surface area contributed by atoms with E-state index in [1.165, 1.54) is 17.7 Å². The highest BCUT2D eigenvalue weighted by Crippen LogP contribution is 2.24. The smallest absolute Gasteiger partial charge is 0.268 e. The molecule has 3 aromatic rings. The monoisotopic (exact) mass is 365 g/mol. The van der Waals surface area contributed by atoms with E-state index in [-0.39, 0.29) is 11.7 Å². The molecule has 0 atom stereocenters. The van der Waals surface area contributed by atoms with Crippen LogP contribution in [0.4, 0.5) is 4.39 Å². The summed E-state index contributed by atoms with van der Waals surface area (Å²) < 4.78 is 15.2. The zero-order valence-electron chi connectivity index (χ0n) is 15.9. The van der Waals surface area contributed by atoms with Crippen molar-refractivity contribution in [2.75, 3.05) is 0 Å². The molecular weight excluding hydrogens is 341 g/mol. The summed E-state index contributed by atoms with van der Waals surface area (Å²) >= 11 is 0. The van der Waals surface area contributed by atoms with Gasteiger partial charge in [-0.1, -0.05) is 25.1 Å². The highest BCUT2D eigenvalue weighted by atomic mass is 19.1. The molecule has 3 rings (SSSR count). The number of amides is 1. The number of rotatable bonds is 6. The van der Waals surface area contributed by atoms with Crippen LogP contribution in [0.5, 0.6) is 0 Å². The Morgan fingerprint density at radius 1 is 1.15 bits per heavy atom. The molecule has 0 radical (unpaired) electrons. The lowest BCUT2D eigenvalue weighted by atomic mass is 10.1. The highest BCUT2D eigenvalue weighted by molar-refractivity contribution is 5.95. The van der Waals surface area contributed by atoms with Gasteiger partial charge in [0.25, 0.3) is 5.91 Å². The number of carbonyl (C=O) groups excluding carboxylic acids is 1. The minimum atomic E-state index is -0.261. The lowest BCUT2D eigenvalue weighted by Gasteiger charge is -2.13. The third-order valence-electron chi connectivity index (χ3n) is 4.92. The second-order valence-electron chi connectivity index (χ2n) is 6.65. The van der Waals surface area contributed by atoms with E-state index in [1.54, 1.807) is 24.5 Å². The van der Waals surface area contributed by atoms with Crippen molar-refractivity contribution in [2.45, 2.75) is 40.3 Å². The molecule has 1 N–H and O–H groups in total. The molecule has 0 bridgehead atoms. The van der Waals surface area contributed by atoms with Crippen LogP contribution < -0.4 is 5.32 Å². The summed E-state index contributed by atoms with van der Waals surface area (Å²) in [7, 11) is 0. The summed E-state index contributed by atoms with van der Waals surface area (Å²) in [5.74, 6) is -0.371. The van der Waals surface area contributed by atoms with Gasteiger partial charge in [0, 0.05) is 31.2 Å². The van der Waals surface area contributed by atoms with Crippen molar-refractivity contribution in [2.24, 2.45) is 0 Å². The van der Waals surface area contributed by atoms with Crippen molar-refractivity contribution in [3.63, 3.8) is 0 Å². The number of nitrogens with one attached hydrogen (secondary N) is 1. The minimum absolute atomic E-state index is 0.110. The summed E-state index contributed by atoms with van der Waals surface area (Å²) in [5.41, 5.74) is 5.83. The standard InChI is InChI=1S/C22H24FN3O/c1-4-20-15(2)21(22(27)25-13-18-6-5-11-24-12-18)26(16(20)3)14-17-7-9-19(23)10-8-17/h5-12H,4,13-14H2,1-3H3,(H,25,27). The molecule has 2 aromatic heterocycles. The largest absolute Gasteiger partial charge is 0.347 e. The van der Waals surface area contributed by atoms with E-state index in [0.717, 1.165) is 28.8 Å². The fraction of sp³-hybridized carbons (Fsp3) is 0.273. The van der Waals surface area contributed by atoms with Crippen LogP contribution in [0.3, 0.4) is 0 Å². The van der Waals surface area contributed by atoms with E-state index in [4.69, 9.17) is 0 Å². The molecule has 27 heavy (non-hydrogen) atoms. The normalized spacial score (nSPS) is 10.8. The Morgan fingerprint density at radius 2 is 1.89 bits per heavy atom. The Kier molecular flexibility index (Phi) is 5.69. The number of benzene rings is 1. The molecule has 0 aliphatic heterocycles. The van der Waals surface area contributed by atoms with Crippen molar-refractivity contribution in [1.29, 1.82) is 0 Å². The number of hydrogen-bond donors (Lipinski definition) is 1. The van der Waals surface area contributed by atoms with E-state index in [9.17, 15) is 9.18 Å². The first-order valence-electron chi connectivity index (χ1n) is 9.11. The molecule has 0 spiro atoms. The molecule has 2 heterocycles. The fourth-order valence-electron chi connectivity index (χ4n) is 3.50. The van der Waals surface area contributed by atoms with Crippen LogP contribution >= 0.6 is 0 Å². The predicted octanol–water partition coefficient (Wildman–Crippen LogP) is 4.18. The van der Waals surface area contributed by atoms with Crippen molar-refractivity contribution < 1.29 is 9.18 Å². The van der Waals surface area contributed by atoms with Gasteiger partial charge < -0.3 is 9.88 Å². The van der Waals surface area contributed by atoms with Crippen LogP contribution in [0.1, 0.15) is 45.4 Å². The number of aromatic nitrogens is 2. The number of nitrogens with zero attached hydrogens (tertiary/aromatic N) is 2. The molecule has 1 aromatic carbocycles. The maximum Gasteiger partial charge on any atom is 0.268 e. The summed E-state index contributed by atoms with van der Waals surface area (Å²) in [5, 5.41) is 3.00. The van der Waals surface area contributed by atoms with Crippen LogP contribution in [-0.2, 0) is 19.5 Å². The van der Waals surface area contributed by atoms with Gasteiger partial charge in [-0.2, -0.15) is 0 Å². The summed E-state index contributed by atoms with van der Waals surface area (Å²) in [6, 6.07) is 10.2. The van der Waals surface area contributed by atoms with Gasteiger partial charge in [0.15, 0.2) is 0 Å². The first-order valence-corrected chi connectivity index (χ1v) is 9.11. The molecule has 1 amide bonds. The van der Waals surface area contributed by atoms with E-state index in [2.05, 4.69) is 17.2 Å². The zero-order chi connectivity index (χ0) is 19.4. The number of carbonyl (C=O) groups is 1. The molecule has 140 valence electrons. The Labute approximate surface area is 159 Å². The van der Waals surface area contributed by atoms with Gasteiger partial charge >= 0.3 is 0 Å². The molecule has 0 unspecified atom stereocenters. The number of pyridine rings is 1. The van der Waals surface area contributed by atoms with Gasteiger partial charge in [-0.25, -0.2) is 4.39 Å². The van der Waals surface area contributed by atoms with Crippen molar-refractivity contribution in [3.05, 3.63) is 88.3 Å². The predicted molar refractivity (Wildman–Crippen MR) is 104 cm³/mol. The van der Waals surface area contributed by atoms with Crippen LogP contribution in [0, 0.1) is 19.7 Å². The highest BCUT2D eigenvalue weighted by Gasteiger charge is 2.21. The Balaban J connectivity index is 1.90. The number of hydrogen-bond acceptors (Lipinski definition) is 2. The second kappa shape index (κ2) is 8.16. The Bertz CT molecular complexity index is 930. The molecule has 0 saturated carbocycles. The van der Waals surface area contributed by atoms with Gasteiger partial charge in [-0.15, -0.1) is 0 Å². The third kappa shape index (κ3) is 4.08. The first-order chi connectivity index (χ1) is 13.0. The average molecular weight is 365 g/mol. The van der Waals surface area contributed by atoms with E-state index < -0.39 is 0 Å². The Hall–Kier alpha value is -2.95. The maximum absolute atomic E-state index is 13.2. The third-order valence-corrected chi connectivity index (χ3v) is 4.92. The molecule has 0 aliphatic rings. The fourth-order valence-corrected chi connectivity index (χ4v) is 3.50. The van der Waals surface area contributed by atoms with Gasteiger partial charge in [-0.3, -0.25) is 9.78 Å². The average Bonchev–Trinajstić information content (AvgIpc) is 2.92. The summed E-state index contributed by atoms with van der Waals surface area (Å²) in [6.07, 6.45) is 4.31. The maximum atomic E-state index is 13.2. The molecule has 5 heteroatoms. The van der Waals surface area contributed by atoms with Crippen LogP contribution in [0.15, 0.2) is 48.8 Å². The first kappa shape index (κ1) is 18.8. The van der Waals surface area contributed by atoms with E-state index in [1.807, 2.05) is 30.5 Å². The van der Waals surface area contributed by atoms with Gasteiger partial charge in [0.05, 0.1) is 0 Å². The zero-order valence-corrected chi connectivity index (χ0v) is 15.9. The second-order valence-corrected chi connectivity index (χ2v) is 6.65. The van der Waals surface area contributed by atoms with Crippen molar-refractivity contribution in [3.8, 4) is 0 Å². The van der Waals surface area contributed by atoms with Crippen molar-refractivity contribution >= 4 is 5.91 Å². The van der Waals surface area contributed by atoms with Gasteiger partial charge in [0.2, 0.25) is 0 Å². The van der Waals surface area contributed by atoms with Gasteiger partial charge in [0.1, 0.15) is 11.5 Å². The molecule has 0 saturated heterocycles. The summed E-state index contributed by atoms with van der Waals surface area (Å²) in [4.78, 5) is 17.1. The molecule has 0 fully saturated rings. The molecular formula is C22H24FN3O. The Morgan fingerprint density at radius 3 is 2.52 bits per heavy atom. The molecule has 4 nitrogen and oxygen atoms in total.